The van der Waals surface area contributed by atoms with Crippen LogP contribution in [0.4, 0.5) is 11.6 Å². The van der Waals surface area contributed by atoms with Gasteiger partial charge in [-0.1, -0.05) is 0 Å². The minimum atomic E-state index is 0.0372. The smallest absolute Gasteiger partial charge is 0.321 e. The number of hydrogen-bond acceptors (Lipinski definition) is 10. The molecule has 5 rings (SSSR count). The second-order valence-corrected chi connectivity index (χ2v) is 7.63. The summed E-state index contributed by atoms with van der Waals surface area (Å²) < 4.78 is 13.4. The van der Waals surface area contributed by atoms with Gasteiger partial charge in [0, 0.05) is 37.6 Å². The molecular weight excluding hydrogens is 398 g/mol. The molecule has 1 saturated carbocycles. The average molecular weight is 421 g/mol. The predicted molar refractivity (Wildman–Crippen MR) is 111 cm³/mol. The summed E-state index contributed by atoms with van der Waals surface area (Å²) in [5, 5.41) is 16.8. The SMILES string of the molecule is N#Cc1nccnc1NC1CCC(Oc2nc(N3CCOCC3)cc3ncnn23)CC1. The Morgan fingerprint density at radius 1 is 1.10 bits per heavy atom. The number of ether oxygens (including phenoxy) is 2. The third-order valence-corrected chi connectivity index (χ3v) is 5.65. The standard InChI is InChI=1S/C20H23N9O2/c21-12-16-19(23-6-5-22-16)26-14-1-3-15(4-2-14)31-20-27-18(28-7-9-30-10-8-28)11-17-24-13-25-29(17)20/h5-6,11,13-15H,1-4,7-10H2,(H,23,26). The lowest BCUT2D eigenvalue weighted by atomic mass is 9.93. The Hall–Kier alpha value is -3.52. The number of nitriles is 1. The monoisotopic (exact) mass is 421 g/mol. The first-order valence-corrected chi connectivity index (χ1v) is 10.5. The molecule has 0 aromatic carbocycles. The van der Waals surface area contributed by atoms with Crippen molar-refractivity contribution in [3.8, 4) is 12.1 Å². The van der Waals surface area contributed by atoms with Gasteiger partial charge in [-0.3, -0.25) is 0 Å². The molecule has 160 valence electrons. The van der Waals surface area contributed by atoms with Crippen LogP contribution in [-0.4, -0.2) is 68.0 Å². The number of rotatable bonds is 5. The quantitative estimate of drug-likeness (QED) is 0.646. The highest BCUT2D eigenvalue weighted by Gasteiger charge is 2.25. The minimum absolute atomic E-state index is 0.0372. The molecule has 11 nitrogen and oxygen atoms in total. The van der Waals surface area contributed by atoms with Crippen LogP contribution in [0, 0.1) is 11.3 Å². The molecule has 2 fully saturated rings. The van der Waals surface area contributed by atoms with Gasteiger partial charge >= 0.3 is 6.01 Å². The van der Waals surface area contributed by atoms with E-state index in [4.69, 9.17) is 14.5 Å². The lowest BCUT2D eigenvalue weighted by Crippen LogP contribution is -2.37. The lowest BCUT2D eigenvalue weighted by Gasteiger charge is -2.30. The number of aromatic nitrogens is 6. The molecule has 1 N–H and O–H groups in total. The largest absolute Gasteiger partial charge is 0.460 e. The molecular formula is C20H23N9O2. The van der Waals surface area contributed by atoms with Crippen molar-refractivity contribution in [3.63, 3.8) is 0 Å². The first kappa shape index (κ1) is 19.4. The van der Waals surface area contributed by atoms with E-state index in [1.54, 1.807) is 10.7 Å². The maximum Gasteiger partial charge on any atom is 0.321 e. The van der Waals surface area contributed by atoms with Gasteiger partial charge in [0.15, 0.2) is 17.2 Å². The predicted octanol–water partition coefficient (Wildman–Crippen LogP) is 1.42. The number of fused-ring (bicyclic) bond motifs is 1. The zero-order valence-electron chi connectivity index (χ0n) is 17.0. The van der Waals surface area contributed by atoms with Crippen LogP contribution < -0.4 is 15.0 Å². The van der Waals surface area contributed by atoms with Crippen molar-refractivity contribution in [3.05, 3.63) is 30.5 Å². The van der Waals surface area contributed by atoms with E-state index in [1.807, 2.05) is 6.07 Å². The fourth-order valence-electron chi connectivity index (χ4n) is 4.01. The summed E-state index contributed by atoms with van der Waals surface area (Å²) in [7, 11) is 0. The third-order valence-electron chi connectivity index (χ3n) is 5.65. The Kier molecular flexibility index (Phi) is 5.45. The molecule has 0 bridgehead atoms. The molecule has 0 amide bonds. The molecule has 0 atom stereocenters. The number of morpholine rings is 1. The lowest BCUT2D eigenvalue weighted by molar-refractivity contribution is 0.121. The van der Waals surface area contributed by atoms with Crippen LogP contribution in [-0.2, 0) is 4.74 Å². The highest BCUT2D eigenvalue weighted by Crippen LogP contribution is 2.27. The summed E-state index contributed by atoms with van der Waals surface area (Å²) in [6, 6.07) is 4.70. The molecule has 0 spiro atoms. The van der Waals surface area contributed by atoms with Crippen LogP contribution in [0.25, 0.3) is 5.65 Å². The number of nitrogens with one attached hydrogen (secondary N) is 1. The van der Waals surface area contributed by atoms with Gasteiger partial charge < -0.3 is 19.7 Å². The van der Waals surface area contributed by atoms with Crippen molar-refractivity contribution in [1.29, 1.82) is 5.26 Å². The summed E-state index contributed by atoms with van der Waals surface area (Å²) in [4.78, 5) is 19.5. The van der Waals surface area contributed by atoms with Gasteiger partial charge in [-0.25, -0.2) is 15.0 Å². The van der Waals surface area contributed by atoms with Crippen molar-refractivity contribution in [1.82, 2.24) is 29.5 Å². The first-order valence-electron chi connectivity index (χ1n) is 10.5. The molecule has 1 aliphatic carbocycles. The van der Waals surface area contributed by atoms with E-state index in [0.717, 1.165) is 44.6 Å². The van der Waals surface area contributed by atoms with Crippen LogP contribution >= 0.6 is 0 Å². The van der Waals surface area contributed by atoms with E-state index in [0.29, 0.717) is 36.4 Å². The van der Waals surface area contributed by atoms with Gasteiger partial charge in [0.1, 0.15) is 24.3 Å². The maximum atomic E-state index is 9.20. The molecule has 0 unspecified atom stereocenters. The molecule has 3 aromatic heterocycles. The number of nitrogens with zero attached hydrogens (tertiary/aromatic N) is 8. The van der Waals surface area contributed by atoms with Gasteiger partial charge in [0.05, 0.1) is 13.2 Å². The molecule has 1 aliphatic heterocycles. The number of anilines is 2. The van der Waals surface area contributed by atoms with Crippen molar-refractivity contribution >= 4 is 17.3 Å². The third kappa shape index (κ3) is 4.20. The normalized spacial score (nSPS) is 21.6. The van der Waals surface area contributed by atoms with E-state index in [-0.39, 0.29) is 12.1 Å². The van der Waals surface area contributed by atoms with Crippen LogP contribution in [0.3, 0.4) is 0 Å². The zero-order chi connectivity index (χ0) is 21.0. The Labute approximate surface area is 179 Å². The fourth-order valence-corrected chi connectivity index (χ4v) is 4.01. The molecule has 1 saturated heterocycles. The topological polar surface area (TPSA) is 126 Å². The summed E-state index contributed by atoms with van der Waals surface area (Å²) in [6.45, 7) is 2.96. The Balaban J connectivity index is 1.26. The zero-order valence-corrected chi connectivity index (χ0v) is 17.0. The van der Waals surface area contributed by atoms with Gasteiger partial charge in [-0.15, -0.1) is 0 Å². The Bertz CT molecular complexity index is 1080. The fraction of sp³-hybridized carbons (Fsp3) is 0.500. The summed E-state index contributed by atoms with van der Waals surface area (Å²) in [5.74, 6) is 1.37. The number of hydrogen-bond donors (Lipinski definition) is 1. The van der Waals surface area contributed by atoms with Crippen LogP contribution in [0.5, 0.6) is 6.01 Å². The van der Waals surface area contributed by atoms with Gasteiger partial charge in [0.25, 0.3) is 0 Å². The highest BCUT2D eigenvalue weighted by molar-refractivity contribution is 5.52. The van der Waals surface area contributed by atoms with Gasteiger partial charge in [-0.2, -0.15) is 19.9 Å². The van der Waals surface area contributed by atoms with E-state index in [1.165, 1.54) is 12.5 Å². The Morgan fingerprint density at radius 2 is 1.90 bits per heavy atom. The molecule has 4 heterocycles. The van der Waals surface area contributed by atoms with Gasteiger partial charge in [0.2, 0.25) is 0 Å². The summed E-state index contributed by atoms with van der Waals surface area (Å²) in [6.07, 6.45) is 8.19. The van der Waals surface area contributed by atoms with E-state index >= 15 is 0 Å². The van der Waals surface area contributed by atoms with Crippen LogP contribution in [0.2, 0.25) is 0 Å². The molecule has 11 heteroatoms. The maximum absolute atomic E-state index is 9.20. The van der Waals surface area contributed by atoms with Crippen molar-refractivity contribution in [2.24, 2.45) is 0 Å². The van der Waals surface area contributed by atoms with E-state index < -0.39 is 0 Å². The van der Waals surface area contributed by atoms with Gasteiger partial charge in [-0.05, 0) is 25.7 Å². The molecule has 31 heavy (non-hydrogen) atoms. The average Bonchev–Trinajstić information content (AvgIpc) is 3.30. The summed E-state index contributed by atoms with van der Waals surface area (Å²) in [5.41, 5.74) is 1.03. The molecule has 0 radical (unpaired) electrons. The second kappa shape index (κ2) is 8.69. The van der Waals surface area contributed by atoms with Crippen molar-refractivity contribution < 1.29 is 9.47 Å². The summed E-state index contributed by atoms with van der Waals surface area (Å²) >= 11 is 0. The van der Waals surface area contributed by atoms with E-state index in [9.17, 15) is 5.26 Å². The van der Waals surface area contributed by atoms with Crippen molar-refractivity contribution in [2.45, 2.75) is 37.8 Å². The van der Waals surface area contributed by atoms with Crippen LogP contribution in [0.1, 0.15) is 31.4 Å². The molecule has 2 aliphatic rings. The van der Waals surface area contributed by atoms with Crippen molar-refractivity contribution in [2.75, 3.05) is 36.5 Å². The second-order valence-electron chi connectivity index (χ2n) is 7.63. The van der Waals surface area contributed by atoms with Crippen LogP contribution in [0.15, 0.2) is 24.8 Å². The van der Waals surface area contributed by atoms with E-state index in [2.05, 4.69) is 36.3 Å². The highest BCUT2D eigenvalue weighted by atomic mass is 16.5. The first-order chi connectivity index (χ1) is 15.3. The molecule has 3 aromatic rings. The Morgan fingerprint density at radius 3 is 2.71 bits per heavy atom. The minimum Gasteiger partial charge on any atom is -0.460 e.